The number of benzene rings is 2. The van der Waals surface area contributed by atoms with Crippen LogP contribution in [0.25, 0.3) is 0 Å². The van der Waals surface area contributed by atoms with Crippen LogP contribution in [0.2, 0.25) is 5.02 Å². The summed E-state index contributed by atoms with van der Waals surface area (Å²) in [7, 11) is -3.78. The average molecular weight is 425 g/mol. The van der Waals surface area contributed by atoms with Gasteiger partial charge in [0, 0.05) is 29.4 Å². The molecule has 1 saturated heterocycles. The van der Waals surface area contributed by atoms with Gasteiger partial charge in [0.15, 0.2) is 0 Å². The van der Waals surface area contributed by atoms with Crippen molar-refractivity contribution in [2.24, 2.45) is 0 Å². The minimum atomic E-state index is -3.78. The average Bonchev–Trinajstić information content (AvgIpc) is 2.70. The van der Waals surface area contributed by atoms with E-state index < -0.39 is 10.0 Å². The van der Waals surface area contributed by atoms with E-state index in [-0.39, 0.29) is 29.6 Å². The number of nitrogens with one attached hydrogen (secondary N) is 1. The van der Waals surface area contributed by atoms with Crippen molar-refractivity contribution in [2.75, 3.05) is 38.2 Å². The van der Waals surface area contributed by atoms with Gasteiger partial charge >= 0.3 is 0 Å². The molecule has 0 spiro atoms. The van der Waals surface area contributed by atoms with E-state index >= 15 is 0 Å². The molecule has 0 unspecified atom stereocenters. The van der Waals surface area contributed by atoms with Gasteiger partial charge in [-0.3, -0.25) is 4.79 Å². The molecule has 0 bridgehead atoms. The number of rotatable bonds is 6. The van der Waals surface area contributed by atoms with E-state index in [1.54, 1.807) is 43.3 Å². The van der Waals surface area contributed by atoms with Gasteiger partial charge in [0.2, 0.25) is 10.0 Å². The standard InChI is InChI=1S/C19H21ClN2O5S/c1-2-27-17-8-7-16(21-19(23)14-3-5-15(20)6-4-14)13-18(17)28(24,25)22-9-11-26-12-10-22/h3-8,13H,2,9-12H2,1H3,(H,21,23). The zero-order valence-corrected chi connectivity index (χ0v) is 16.9. The topological polar surface area (TPSA) is 84.9 Å². The molecule has 7 nitrogen and oxygen atoms in total. The molecule has 0 saturated carbocycles. The van der Waals surface area contributed by atoms with Crippen LogP contribution in [0.1, 0.15) is 17.3 Å². The molecule has 0 atom stereocenters. The molecule has 1 aliphatic heterocycles. The summed E-state index contributed by atoms with van der Waals surface area (Å²) >= 11 is 5.84. The van der Waals surface area contributed by atoms with Crippen molar-refractivity contribution in [3.05, 3.63) is 53.1 Å². The van der Waals surface area contributed by atoms with E-state index in [9.17, 15) is 13.2 Å². The molecule has 1 heterocycles. The molecule has 1 aliphatic rings. The third-order valence-corrected chi connectivity index (χ3v) is 6.37. The summed E-state index contributed by atoms with van der Waals surface area (Å²) in [6.45, 7) is 3.33. The number of carbonyl (C=O) groups excluding carboxylic acids is 1. The van der Waals surface area contributed by atoms with Crippen LogP contribution < -0.4 is 10.1 Å². The Kier molecular flexibility index (Phi) is 6.56. The Morgan fingerprint density at radius 3 is 2.50 bits per heavy atom. The number of hydrogen-bond donors (Lipinski definition) is 1. The maximum atomic E-state index is 13.1. The van der Waals surface area contributed by atoms with E-state index in [0.717, 1.165) is 0 Å². The number of halogens is 1. The van der Waals surface area contributed by atoms with Gasteiger partial charge in [-0.05, 0) is 49.4 Å². The normalized spacial score (nSPS) is 15.2. The van der Waals surface area contributed by atoms with Crippen molar-refractivity contribution < 1.29 is 22.7 Å². The highest BCUT2D eigenvalue weighted by molar-refractivity contribution is 7.89. The monoisotopic (exact) mass is 424 g/mol. The third-order valence-electron chi connectivity index (χ3n) is 4.20. The molecule has 9 heteroatoms. The molecule has 0 aromatic heterocycles. The summed E-state index contributed by atoms with van der Waals surface area (Å²) in [6.07, 6.45) is 0. The maximum Gasteiger partial charge on any atom is 0.255 e. The molecule has 0 aliphatic carbocycles. The van der Waals surface area contributed by atoms with Crippen LogP contribution >= 0.6 is 11.6 Å². The van der Waals surface area contributed by atoms with Crippen molar-refractivity contribution in [1.29, 1.82) is 0 Å². The Bertz CT molecular complexity index is 941. The van der Waals surface area contributed by atoms with Crippen LogP contribution in [0.15, 0.2) is 47.4 Å². The minimum Gasteiger partial charge on any atom is -0.492 e. The van der Waals surface area contributed by atoms with Gasteiger partial charge in [0.1, 0.15) is 10.6 Å². The number of morpholine rings is 1. The van der Waals surface area contributed by atoms with Crippen LogP contribution in [0.4, 0.5) is 5.69 Å². The zero-order valence-electron chi connectivity index (χ0n) is 15.4. The molecule has 1 fully saturated rings. The number of nitrogens with zero attached hydrogens (tertiary/aromatic N) is 1. The largest absolute Gasteiger partial charge is 0.492 e. The van der Waals surface area contributed by atoms with Crippen LogP contribution in [-0.4, -0.2) is 51.5 Å². The quantitative estimate of drug-likeness (QED) is 0.770. The second kappa shape index (κ2) is 8.91. The van der Waals surface area contributed by atoms with E-state index in [1.165, 1.54) is 10.4 Å². The molecule has 2 aromatic rings. The van der Waals surface area contributed by atoms with E-state index in [2.05, 4.69) is 5.32 Å². The molecule has 28 heavy (non-hydrogen) atoms. The number of amides is 1. The Morgan fingerprint density at radius 2 is 1.86 bits per heavy atom. The second-order valence-corrected chi connectivity index (χ2v) is 8.41. The predicted molar refractivity (Wildman–Crippen MR) is 107 cm³/mol. The van der Waals surface area contributed by atoms with E-state index in [4.69, 9.17) is 21.1 Å². The minimum absolute atomic E-state index is 0.0187. The fraction of sp³-hybridized carbons (Fsp3) is 0.316. The van der Waals surface area contributed by atoms with Crippen LogP contribution in [-0.2, 0) is 14.8 Å². The number of ether oxygens (including phenoxy) is 2. The summed E-state index contributed by atoms with van der Waals surface area (Å²) in [5.74, 6) is -0.117. The molecule has 3 rings (SSSR count). The first-order valence-electron chi connectivity index (χ1n) is 8.83. The van der Waals surface area contributed by atoms with Gasteiger partial charge in [0.25, 0.3) is 5.91 Å². The lowest BCUT2D eigenvalue weighted by Gasteiger charge is -2.27. The summed E-state index contributed by atoms with van der Waals surface area (Å²) in [4.78, 5) is 12.5. The van der Waals surface area contributed by atoms with Crippen LogP contribution in [0.3, 0.4) is 0 Å². The first-order chi connectivity index (χ1) is 13.4. The SMILES string of the molecule is CCOc1ccc(NC(=O)c2ccc(Cl)cc2)cc1S(=O)(=O)N1CCOCC1. The van der Waals surface area contributed by atoms with Crippen molar-refractivity contribution in [3.8, 4) is 5.75 Å². The van der Waals surface area contributed by atoms with Crippen molar-refractivity contribution in [3.63, 3.8) is 0 Å². The Morgan fingerprint density at radius 1 is 1.18 bits per heavy atom. The van der Waals surface area contributed by atoms with Crippen molar-refractivity contribution in [2.45, 2.75) is 11.8 Å². The van der Waals surface area contributed by atoms with Gasteiger partial charge in [-0.25, -0.2) is 8.42 Å². The summed E-state index contributed by atoms with van der Waals surface area (Å²) < 4.78 is 38.3. The molecule has 1 amide bonds. The van der Waals surface area contributed by atoms with E-state index in [1.807, 2.05) is 0 Å². The molecular formula is C19H21ClN2O5S. The zero-order chi connectivity index (χ0) is 20.1. The lowest BCUT2D eigenvalue weighted by Crippen LogP contribution is -2.40. The van der Waals surface area contributed by atoms with E-state index in [0.29, 0.717) is 36.1 Å². The van der Waals surface area contributed by atoms with Gasteiger partial charge in [-0.15, -0.1) is 0 Å². The third kappa shape index (κ3) is 4.64. The fourth-order valence-electron chi connectivity index (χ4n) is 2.79. The summed E-state index contributed by atoms with van der Waals surface area (Å²) in [6, 6.07) is 11.0. The molecule has 2 aromatic carbocycles. The number of sulfonamides is 1. The maximum absolute atomic E-state index is 13.1. The Labute approximate surface area is 169 Å². The first kappa shape index (κ1) is 20.6. The summed E-state index contributed by atoms with van der Waals surface area (Å²) in [5, 5.41) is 3.24. The molecular weight excluding hydrogens is 404 g/mol. The van der Waals surface area contributed by atoms with Crippen molar-refractivity contribution in [1.82, 2.24) is 4.31 Å². The second-order valence-electron chi connectivity index (χ2n) is 6.07. The smallest absolute Gasteiger partial charge is 0.255 e. The van der Waals surface area contributed by atoms with Gasteiger partial charge < -0.3 is 14.8 Å². The highest BCUT2D eigenvalue weighted by Crippen LogP contribution is 2.30. The summed E-state index contributed by atoms with van der Waals surface area (Å²) in [5.41, 5.74) is 0.770. The predicted octanol–water partition coefficient (Wildman–Crippen LogP) is 3.01. The van der Waals surface area contributed by atoms with Crippen LogP contribution in [0.5, 0.6) is 5.75 Å². The lowest BCUT2D eigenvalue weighted by atomic mass is 10.2. The number of anilines is 1. The highest BCUT2D eigenvalue weighted by atomic mass is 35.5. The van der Waals surface area contributed by atoms with Gasteiger partial charge in [-0.1, -0.05) is 11.6 Å². The lowest BCUT2D eigenvalue weighted by molar-refractivity contribution is 0.0729. The number of hydrogen-bond acceptors (Lipinski definition) is 5. The molecule has 150 valence electrons. The molecule has 1 N–H and O–H groups in total. The number of carbonyl (C=O) groups is 1. The Balaban J connectivity index is 1.90. The van der Waals surface area contributed by atoms with Crippen molar-refractivity contribution >= 4 is 33.2 Å². The Hall–Kier alpha value is -2.13. The van der Waals surface area contributed by atoms with Crippen LogP contribution in [0, 0.1) is 0 Å². The first-order valence-corrected chi connectivity index (χ1v) is 10.7. The van der Waals surface area contributed by atoms with Gasteiger partial charge in [-0.2, -0.15) is 4.31 Å². The van der Waals surface area contributed by atoms with Gasteiger partial charge in [0.05, 0.1) is 19.8 Å². The molecule has 0 radical (unpaired) electrons. The fourth-order valence-corrected chi connectivity index (χ4v) is 4.48. The highest BCUT2D eigenvalue weighted by Gasteiger charge is 2.29.